The fourth-order valence-corrected chi connectivity index (χ4v) is 2.45. The van der Waals surface area contributed by atoms with Crippen LogP contribution in [0, 0.1) is 0 Å². The van der Waals surface area contributed by atoms with Gasteiger partial charge in [0.1, 0.15) is 13.1 Å². The molecule has 0 spiro atoms. The van der Waals surface area contributed by atoms with Crippen LogP contribution >= 0.6 is 15.9 Å². The molecule has 1 heterocycles. The molecule has 0 amide bonds. The van der Waals surface area contributed by atoms with E-state index in [4.69, 9.17) is 0 Å². The minimum absolute atomic E-state index is 0.0664. The molecule has 0 saturated heterocycles. The van der Waals surface area contributed by atoms with Gasteiger partial charge in [-0.15, -0.1) is 4.68 Å². The van der Waals surface area contributed by atoms with Crippen molar-refractivity contribution in [1.29, 1.82) is 0 Å². The van der Waals surface area contributed by atoms with E-state index < -0.39 is 0 Å². The topological polar surface area (TPSA) is 38.8 Å². The fourth-order valence-electron chi connectivity index (χ4n) is 2.19. The minimum Gasteiger partial charge on any atom is -0.291 e. The van der Waals surface area contributed by atoms with Gasteiger partial charge in [-0.2, -0.15) is 0 Å². The first-order chi connectivity index (χ1) is 10.7. The molecule has 0 aliphatic heterocycles. The summed E-state index contributed by atoms with van der Waals surface area (Å²) in [6, 6.07) is 17.5. The van der Waals surface area contributed by atoms with Gasteiger partial charge in [-0.1, -0.05) is 58.4 Å². The predicted octanol–water partition coefficient (Wildman–Crippen LogP) is 2.86. The number of hydrogen-bond donors (Lipinski definition) is 0. The SMILES string of the molecule is O=C(C[n+]1cnn(Cc2ccccc2)c1)c1ccc(Br)cc1. The van der Waals surface area contributed by atoms with Crippen molar-refractivity contribution >= 4 is 21.7 Å². The van der Waals surface area contributed by atoms with Crippen molar-refractivity contribution in [3.63, 3.8) is 0 Å². The highest BCUT2D eigenvalue weighted by Crippen LogP contribution is 2.10. The maximum atomic E-state index is 12.2. The summed E-state index contributed by atoms with van der Waals surface area (Å²) < 4.78 is 4.59. The van der Waals surface area contributed by atoms with Crippen molar-refractivity contribution in [3.05, 3.63) is 82.9 Å². The highest BCUT2D eigenvalue weighted by Gasteiger charge is 2.12. The molecule has 3 rings (SSSR count). The molecule has 0 atom stereocenters. The first-order valence-corrected chi connectivity index (χ1v) is 7.74. The standard InChI is InChI=1S/C17H15BrN3O/c18-16-8-6-15(7-9-16)17(22)11-20-12-19-21(13-20)10-14-4-2-1-3-5-14/h1-9,12-13H,10-11H2/q+1. The summed E-state index contributed by atoms with van der Waals surface area (Å²) in [4.78, 5) is 12.2. The predicted molar refractivity (Wildman–Crippen MR) is 86.4 cm³/mol. The zero-order valence-corrected chi connectivity index (χ0v) is 13.5. The lowest BCUT2D eigenvalue weighted by molar-refractivity contribution is -0.683. The summed E-state index contributed by atoms with van der Waals surface area (Å²) >= 11 is 3.37. The number of nitrogens with zero attached hydrogens (tertiary/aromatic N) is 3. The molecule has 2 aromatic carbocycles. The van der Waals surface area contributed by atoms with Gasteiger partial charge in [0.05, 0.1) is 0 Å². The monoisotopic (exact) mass is 356 g/mol. The van der Waals surface area contributed by atoms with Gasteiger partial charge in [-0.3, -0.25) is 4.79 Å². The molecule has 0 aliphatic rings. The van der Waals surface area contributed by atoms with E-state index in [9.17, 15) is 4.79 Å². The molecule has 0 fully saturated rings. The highest BCUT2D eigenvalue weighted by molar-refractivity contribution is 9.10. The van der Waals surface area contributed by atoms with E-state index >= 15 is 0 Å². The van der Waals surface area contributed by atoms with Crippen molar-refractivity contribution in [1.82, 2.24) is 9.78 Å². The largest absolute Gasteiger partial charge is 0.291 e. The van der Waals surface area contributed by atoms with Crippen molar-refractivity contribution < 1.29 is 9.36 Å². The molecule has 0 radical (unpaired) electrons. The maximum absolute atomic E-state index is 12.2. The van der Waals surface area contributed by atoms with Gasteiger partial charge in [-0.25, -0.2) is 4.57 Å². The molecule has 0 N–H and O–H groups in total. The zero-order chi connectivity index (χ0) is 15.4. The zero-order valence-electron chi connectivity index (χ0n) is 11.9. The Hall–Kier alpha value is -2.27. The van der Waals surface area contributed by atoms with Gasteiger partial charge in [0, 0.05) is 15.1 Å². The van der Waals surface area contributed by atoms with Crippen molar-refractivity contribution in [2.24, 2.45) is 0 Å². The van der Waals surface area contributed by atoms with E-state index in [-0.39, 0.29) is 12.3 Å². The van der Waals surface area contributed by atoms with E-state index in [2.05, 4.69) is 33.2 Å². The Morgan fingerprint density at radius 1 is 1.09 bits per heavy atom. The molecule has 0 bridgehead atoms. The van der Waals surface area contributed by atoms with Gasteiger partial charge in [0.15, 0.2) is 5.78 Å². The van der Waals surface area contributed by atoms with Crippen LogP contribution in [0.15, 0.2) is 71.7 Å². The summed E-state index contributed by atoms with van der Waals surface area (Å²) in [7, 11) is 0. The molecule has 3 aromatic rings. The number of ketones is 1. The second-order valence-corrected chi connectivity index (χ2v) is 5.95. The second kappa shape index (κ2) is 6.66. The third kappa shape index (κ3) is 3.68. The van der Waals surface area contributed by atoms with E-state index in [1.54, 1.807) is 10.9 Å². The van der Waals surface area contributed by atoms with Crippen LogP contribution in [0.4, 0.5) is 0 Å². The number of benzene rings is 2. The Kier molecular flexibility index (Phi) is 4.44. The summed E-state index contributed by atoms with van der Waals surface area (Å²) in [5, 5.41) is 4.29. The normalized spacial score (nSPS) is 10.6. The average Bonchev–Trinajstić information content (AvgIpc) is 2.96. The Morgan fingerprint density at radius 2 is 1.82 bits per heavy atom. The molecule has 0 saturated carbocycles. The summed E-state index contributed by atoms with van der Waals surface area (Å²) in [5.74, 6) is 0.0664. The van der Waals surface area contributed by atoms with Gasteiger partial charge in [-0.05, 0) is 17.7 Å². The van der Waals surface area contributed by atoms with Gasteiger partial charge in [0.2, 0.25) is 6.33 Å². The van der Waals surface area contributed by atoms with Crippen LogP contribution in [-0.4, -0.2) is 15.6 Å². The van der Waals surface area contributed by atoms with Crippen LogP contribution in [0.2, 0.25) is 0 Å². The quantitative estimate of drug-likeness (QED) is 0.520. The van der Waals surface area contributed by atoms with Crippen molar-refractivity contribution in [2.45, 2.75) is 13.1 Å². The molecule has 0 aliphatic carbocycles. The Bertz CT molecular complexity index is 766. The molecule has 0 unspecified atom stereocenters. The van der Waals surface area contributed by atoms with E-state index in [1.165, 1.54) is 5.56 Å². The molecule has 1 aromatic heterocycles. The number of carbonyl (C=O) groups excluding carboxylic acids is 1. The average molecular weight is 357 g/mol. The number of Topliss-reactive ketones (excluding diaryl/α,β-unsaturated/α-hetero) is 1. The maximum Gasteiger partial charge on any atom is 0.265 e. The first-order valence-electron chi connectivity index (χ1n) is 6.95. The third-order valence-electron chi connectivity index (χ3n) is 3.31. The van der Waals surface area contributed by atoms with Gasteiger partial charge < -0.3 is 0 Å². The smallest absolute Gasteiger partial charge is 0.265 e. The molecular weight excluding hydrogens is 342 g/mol. The Balaban J connectivity index is 1.66. The number of aromatic nitrogens is 3. The van der Waals surface area contributed by atoms with E-state index in [1.807, 2.05) is 53.5 Å². The van der Waals surface area contributed by atoms with Crippen LogP contribution in [0.25, 0.3) is 0 Å². The summed E-state index contributed by atoms with van der Waals surface area (Å²) in [5.41, 5.74) is 1.88. The van der Waals surface area contributed by atoms with Crippen LogP contribution in [0.1, 0.15) is 15.9 Å². The Morgan fingerprint density at radius 3 is 2.55 bits per heavy atom. The lowest BCUT2D eigenvalue weighted by Crippen LogP contribution is -2.35. The first kappa shape index (κ1) is 14.7. The van der Waals surface area contributed by atoms with Gasteiger partial charge in [0.25, 0.3) is 6.33 Å². The van der Waals surface area contributed by atoms with E-state index in [0.29, 0.717) is 12.1 Å². The third-order valence-corrected chi connectivity index (χ3v) is 3.84. The number of rotatable bonds is 5. The van der Waals surface area contributed by atoms with Crippen LogP contribution in [0.3, 0.4) is 0 Å². The number of carbonyl (C=O) groups is 1. The van der Waals surface area contributed by atoms with Crippen LogP contribution in [-0.2, 0) is 13.1 Å². The minimum atomic E-state index is 0.0664. The lowest BCUT2D eigenvalue weighted by atomic mass is 10.1. The number of halogens is 1. The summed E-state index contributed by atoms with van der Waals surface area (Å²) in [6.07, 6.45) is 3.53. The van der Waals surface area contributed by atoms with Crippen molar-refractivity contribution in [3.8, 4) is 0 Å². The van der Waals surface area contributed by atoms with Crippen molar-refractivity contribution in [2.75, 3.05) is 0 Å². The Labute approximate surface area is 137 Å². The molecule has 4 nitrogen and oxygen atoms in total. The molecule has 5 heteroatoms. The fraction of sp³-hybridized carbons (Fsp3) is 0.118. The highest BCUT2D eigenvalue weighted by atomic mass is 79.9. The van der Waals surface area contributed by atoms with Crippen LogP contribution in [0.5, 0.6) is 0 Å². The number of hydrogen-bond acceptors (Lipinski definition) is 2. The van der Waals surface area contributed by atoms with Gasteiger partial charge >= 0.3 is 0 Å². The molecular formula is C17H15BrN3O+. The summed E-state index contributed by atoms with van der Waals surface area (Å²) in [6.45, 7) is 0.983. The molecule has 22 heavy (non-hydrogen) atoms. The lowest BCUT2D eigenvalue weighted by Gasteiger charge is -1.99. The second-order valence-electron chi connectivity index (χ2n) is 5.03. The van der Waals surface area contributed by atoms with E-state index in [0.717, 1.165) is 4.47 Å². The van der Waals surface area contributed by atoms with Crippen LogP contribution < -0.4 is 4.57 Å². The molecule has 110 valence electrons.